The second kappa shape index (κ2) is 7.93. The van der Waals surface area contributed by atoms with Crippen molar-refractivity contribution in [1.82, 2.24) is 5.32 Å². The largest absolute Gasteiger partial charge is 0.423 e. The van der Waals surface area contributed by atoms with Crippen molar-refractivity contribution in [3.05, 3.63) is 64.9 Å². The van der Waals surface area contributed by atoms with Gasteiger partial charge in [0.2, 0.25) is 5.60 Å². The number of rotatable bonds is 4. The summed E-state index contributed by atoms with van der Waals surface area (Å²) in [5.41, 5.74) is -3.91. The van der Waals surface area contributed by atoms with E-state index in [1.807, 2.05) is 0 Å². The van der Waals surface area contributed by atoms with Gasteiger partial charge in [-0.3, -0.25) is 9.59 Å². The van der Waals surface area contributed by atoms with Crippen molar-refractivity contribution >= 4 is 29.1 Å². The molecule has 2 amide bonds. The number of alkyl halides is 3. The number of amides is 2. The predicted molar refractivity (Wildman–Crippen MR) is 89.4 cm³/mol. The fourth-order valence-electron chi connectivity index (χ4n) is 2.13. The maximum Gasteiger partial charge on any atom is 0.423 e. The van der Waals surface area contributed by atoms with Crippen LogP contribution in [-0.4, -0.2) is 29.6 Å². The normalized spacial score (nSPS) is 13.6. The van der Waals surface area contributed by atoms with Crippen LogP contribution in [0.25, 0.3) is 0 Å². The van der Waals surface area contributed by atoms with Crippen molar-refractivity contribution in [2.24, 2.45) is 0 Å². The summed E-state index contributed by atoms with van der Waals surface area (Å²) >= 11 is 5.53. The molecule has 0 spiro atoms. The Morgan fingerprint density at radius 2 is 1.67 bits per heavy atom. The van der Waals surface area contributed by atoms with E-state index in [0.717, 1.165) is 30.3 Å². The molecule has 0 fully saturated rings. The first kappa shape index (κ1) is 20.7. The van der Waals surface area contributed by atoms with Crippen molar-refractivity contribution in [1.29, 1.82) is 0 Å². The van der Waals surface area contributed by atoms with Crippen LogP contribution in [0.1, 0.15) is 5.56 Å². The summed E-state index contributed by atoms with van der Waals surface area (Å²) < 4.78 is 53.0. The van der Waals surface area contributed by atoms with E-state index in [1.54, 1.807) is 5.32 Å². The highest BCUT2D eigenvalue weighted by Gasteiger charge is 2.55. The number of halogens is 5. The highest BCUT2D eigenvalue weighted by Crippen LogP contribution is 2.38. The molecule has 1 unspecified atom stereocenters. The molecule has 10 heteroatoms. The minimum Gasteiger partial charge on any atom is -0.375 e. The van der Waals surface area contributed by atoms with Gasteiger partial charge in [0.25, 0.3) is 0 Å². The molecular formula is C17H13ClF4N2O3. The van der Waals surface area contributed by atoms with Crippen LogP contribution in [0.15, 0.2) is 48.5 Å². The van der Waals surface area contributed by atoms with Crippen molar-refractivity contribution in [2.75, 3.05) is 11.9 Å². The van der Waals surface area contributed by atoms with Gasteiger partial charge in [-0.2, -0.15) is 13.2 Å². The van der Waals surface area contributed by atoms with Crippen LogP contribution in [0.2, 0.25) is 5.02 Å². The van der Waals surface area contributed by atoms with Crippen molar-refractivity contribution in [3.8, 4) is 0 Å². The van der Waals surface area contributed by atoms with Crippen molar-refractivity contribution in [2.45, 2.75) is 11.8 Å². The number of carbonyl (C=O) groups is 2. The molecule has 0 radical (unpaired) electrons. The van der Waals surface area contributed by atoms with Crippen LogP contribution >= 0.6 is 11.6 Å². The van der Waals surface area contributed by atoms with E-state index in [9.17, 15) is 32.3 Å². The van der Waals surface area contributed by atoms with E-state index in [-0.39, 0.29) is 10.7 Å². The van der Waals surface area contributed by atoms with Gasteiger partial charge in [-0.25, -0.2) is 4.39 Å². The third-order valence-corrected chi connectivity index (χ3v) is 3.90. The summed E-state index contributed by atoms with van der Waals surface area (Å²) in [5.74, 6) is -3.48. The number of benzene rings is 2. The van der Waals surface area contributed by atoms with E-state index >= 15 is 0 Å². The van der Waals surface area contributed by atoms with Gasteiger partial charge < -0.3 is 15.7 Å². The highest BCUT2D eigenvalue weighted by atomic mass is 35.5. The smallest absolute Gasteiger partial charge is 0.375 e. The SMILES string of the molecule is O=C(NCC(O)(c1ccccc1)C(F)(F)F)C(=O)Nc1ccc(F)c(Cl)c1. The molecule has 0 saturated heterocycles. The molecule has 0 aliphatic heterocycles. The van der Waals surface area contributed by atoms with Gasteiger partial charge in [0.05, 0.1) is 11.6 Å². The number of anilines is 1. The van der Waals surface area contributed by atoms with Gasteiger partial charge in [-0.05, 0) is 23.8 Å². The van der Waals surface area contributed by atoms with E-state index in [1.165, 1.54) is 18.2 Å². The van der Waals surface area contributed by atoms with Crippen LogP contribution in [-0.2, 0) is 15.2 Å². The van der Waals surface area contributed by atoms with Crippen LogP contribution in [0.4, 0.5) is 23.2 Å². The molecule has 5 nitrogen and oxygen atoms in total. The summed E-state index contributed by atoms with van der Waals surface area (Å²) in [6.07, 6.45) is -5.11. The lowest BCUT2D eigenvalue weighted by Crippen LogP contribution is -2.52. The Bertz CT molecular complexity index is 846. The van der Waals surface area contributed by atoms with Crippen LogP contribution in [0.5, 0.6) is 0 Å². The number of hydrogen-bond donors (Lipinski definition) is 3. The van der Waals surface area contributed by atoms with Crippen molar-refractivity contribution < 1.29 is 32.3 Å². The van der Waals surface area contributed by atoms with Gasteiger partial charge in [-0.15, -0.1) is 0 Å². The molecule has 2 aromatic rings. The first-order valence-corrected chi connectivity index (χ1v) is 7.81. The lowest BCUT2D eigenvalue weighted by molar-refractivity contribution is -0.264. The minimum atomic E-state index is -5.11. The molecule has 1 atom stereocenters. The summed E-state index contributed by atoms with van der Waals surface area (Å²) in [4.78, 5) is 23.6. The molecule has 144 valence electrons. The molecule has 0 heterocycles. The quantitative estimate of drug-likeness (QED) is 0.541. The number of nitrogens with one attached hydrogen (secondary N) is 2. The Kier molecular flexibility index (Phi) is 6.07. The molecule has 0 aliphatic rings. The maximum atomic E-state index is 13.3. The predicted octanol–water partition coefficient (Wildman–Crippen LogP) is 2.98. The average molecular weight is 405 g/mol. The third kappa shape index (κ3) is 4.75. The fraction of sp³-hybridized carbons (Fsp3) is 0.176. The van der Waals surface area contributed by atoms with Gasteiger partial charge in [0.15, 0.2) is 0 Å². The molecular weight excluding hydrogens is 392 g/mol. The second-order valence-electron chi connectivity index (χ2n) is 5.49. The number of hydrogen-bond acceptors (Lipinski definition) is 3. The zero-order chi connectivity index (χ0) is 20.2. The molecule has 0 aliphatic carbocycles. The molecule has 27 heavy (non-hydrogen) atoms. The highest BCUT2D eigenvalue weighted by molar-refractivity contribution is 6.39. The first-order valence-electron chi connectivity index (χ1n) is 7.43. The molecule has 0 bridgehead atoms. The Morgan fingerprint density at radius 1 is 1.04 bits per heavy atom. The van der Waals surface area contributed by atoms with Gasteiger partial charge >= 0.3 is 18.0 Å². The molecule has 2 rings (SSSR count). The Labute approximate surface area is 155 Å². The monoisotopic (exact) mass is 404 g/mol. The Hall–Kier alpha value is -2.65. The van der Waals surface area contributed by atoms with E-state index < -0.39 is 41.5 Å². The molecule has 0 aromatic heterocycles. The Balaban J connectivity index is 2.09. The lowest BCUT2D eigenvalue weighted by atomic mass is 9.93. The zero-order valence-electron chi connectivity index (χ0n) is 13.5. The van der Waals surface area contributed by atoms with Crippen LogP contribution in [0, 0.1) is 5.82 Å². The Morgan fingerprint density at radius 3 is 2.22 bits per heavy atom. The van der Waals surface area contributed by atoms with Crippen LogP contribution < -0.4 is 10.6 Å². The van der Waals surface area contributed by atoms with E-state index in [0.29, 0.717) is 0 Å². The van der Waals surface area contributed by atoms with E-state index in [4.69, 9.17) is 11.6 Å². The molecule has 3 N–H and O–H groups in total. The zero-order valence-corrected chi connectivity index (χ0v) is 14.2. The average Bonchev–Trinajstić information content (AvgIpc) is 2.62. The third-order valence-electron chi connectivity index (χ3n) is 3.61. The molecule has 2 aromatic carbocycles. The van der Waals surface area contributed by atoms with Crippen LogP contribution in [0.3, 0.4) is 0 Å². The minimum absolute atomic E-state index is 0.0318. The molecule has 0 saturated carbocycles. The fourth-order valence-corrected chi connectivity index (χ4v) is 2.31. The maximum absolute atomic E-state index is 13.3. The lowest BCUT2D eigenvalue weighted by Gasteiger charge is -2.31. The van der Waals surface area contributed by atoms with Gasteiger partial charge in [-0.1, -0.05) is 41.9 Å². The van der Waals surface area contributed by atoms with Gasteiger partial charge in [0, 0.05) is 5.69 Å². The second-order valence-corrected chi connectivity index (χ2v) is 5.90. The summed E-state index contributed by atoms with van der Waals surface area (Å²) in [5, 5.41) is 13.6. The number of aliphatic hydroxyl groups is 1. The number of carbonyl (C=O) groups excluding carboxylic acids is 2. The first-order chi connectivity index (χ1) is 12.5. The topological polar surface area (TPSA) is 78.4 Å². The summed E-state index contributed by atoms with van der Waals surface area (Å²) in [6.45, 7) is -1.28. The summed E-state index contributed by atoms with van der Waals surface area (Å²) in [7, 11) is 0. The van der Waals surface area contributed by atoms with Crippen molar-refractivity contribution in [3.63, 3.8) is 0 Å². The summed E-state index contributed by atoms with van der Waals surface area (Å²) in [6, 6.07) is 9.20. The van der Waals surface area contributed by atoms with Gasteiger partial charge in [0.1, 0.15) is 5.82 Å². The standard InChI is InChI=1S/C17H13ClF4N2O3/c18-12-8-11(6-7-13(12)19)24-15(26)14(25)23-9-16(27,17(20,21)22)10-4-2-1-3-5-10/h1-8,27H,9H2,(H,23,25)(H,24,26). The van der Waals surface area contributed by atoms with E-state index in [2.05, 4.69) is 5.32 Å².